The molecule has 2 unspecified atom stereocenters. The van der Waals surface area contributed by atoms with Gasteiger partial charge in [0.05, 0.1) is 21.3 Å². The molecule has 0 spiro atoms. The minimum Gasteiger partial charge on any atom is -0.504 e. The van der Waals surface area contributed by atoms with Crippen molar-refractivity contribution in [1.82, 2.24) is 0 Å². The first-order valence-electron chi connectivity index (χ1n) is 9.37. The quantitative estimate of drug-likeness (QED) is 0.731. The minimum absolute atomic E-state index is 0.0946. The molecule has 3 rings (SSSR count). The maximum absolute atomic E-state index is 10.2. The summed E-state index contributed by atoms with van der Waals surface area (Å²) in [6.45, 7) is 4.66. The van der Waals surface area contributed by atoms with Crippen LogP contribution in [0.4, 0.5) is 0 Å². The summed E-state index contributed by atoms with van der Waals surface area (Å²) >= 11 is 0. The van der Waals surface area contributed by atoms with Crippen molar-refractivity contribution in [2.45, 2.75) is 26.7 Å². The summed E-state index contributed by atoms with van der Waals surface area (Å²) in [5.74, 6) is 3.89. The molecule has 1 heterocycles. The normalized spacial score (nSPS) is 14.5. The van der Waals surface area contributed by atoms with Crippen LogP contribution < -0.4 is 23.7 Å². The molecule has 0 amide bonds. The second kappa shape index (κ2) is 8.50. The van der Waals surface area contributed by atoms with Crippen LogP contribution in [0.25, 0.3) is 0 Å². The molecule has 1 N–H and O–H groups in total. The van der Waals surface area contributed by atoms with Crippen molar-refractivity contribution in [1.29, 1.82) is 0 Å². The fourth-order valence-electron chi connectivity index (χ4n) is 3.57. The molecule has 0 fully saturated rings. The summed E-state index contributed by atoms with van der Waals surface area (Å²) in [5.41, 5.74) is 2.16. The molecular weight excluding hydrogens is 360 g/mol. The van der Waals surface area contributed by atoms with Crippen molar-refractivity contribution >= 4 is 0 Å². The molecule has 2 aromatic rings. The molecule has 0 aliphatic carbocycles. The van der Waals surface area contributed by atoms with E-state index in [2.05, 4.69) is 13.8 Å². The first kappa shape index (κ1) is 20.0. The van der Waals surface area contributed by atoms with E-state index < -0.39 is 0 Å². The van der Waals surface area contributed by atoms with Gasteiger partial charge in [-0.25, -0.2) is 0 Å². The van der Waals surface area contributed by atoms with Gasteiger partial charge in [0.2, 0.25) is 18.3 Å². The first-order chi connectivity index (χ1) is 13.5. The van der Waals surface area contributed by atoms with E-state index in [1.807, 2.05) is 18.2 Å². The van der Waals surface area contributed by atoms with Gasteiger partial charge in [0, 0.05) is 0 Å². The highest BCUT2D eigenvalue weighted by atomic mass is 16.7. The molecule has 0 aromatic heterocycles. The van der Waals surface area contributed by atoms with Crippen LogP contribution in [0, 0.1) is 11.8 Å². The predicted molar refractivity (Wildman–Crippen MR) is 106 cm³/mol. The smallest absolute Gasteiger partial charge is 0.231 e. The number of methoxy groups -OCH3 is 3. The van der Waals surface area contributed by atoms with Gasteiger partial charge in [0.1, 0.15) is 0 Å². The number of hydrogen-bond acceptors (Lipinski definition) is 6. The highest BCUT2D eigenvalue weighted by Crippen LogP contribution is 2.43. The van der Waals surface area contributed by atoms with Crippen LogP contribution in [0.5, 0.6) is 34.5 Å². The van der Waals surface area contributed by atoms with Crippen molar-refractivity contribution in [3.63, 3.8) is 0 Å². The van der Waals surface area contributed by atoms with Gasteiger partial charge < -0.3 is 28.8 Å². The third-order valence-electron chi connectivity index (χ3n) is 5.32. The zero-order valence-corrected chi connectivity index (χ0v) is 17.1. The molecule has 1 aliphatic heterocycles. The molecule has 152 valence electrons. The average molecular weight is 388 g/mol. The number of phenolic OH excluding ortho intramolecular Hbond substituents is 1. The maximum atomic E-state index is 10.2. The Bertz CT molecular complexity index is 832. The number of hydrogen-bond donors (Lipinski definition) is 1. The fourth-order valence-corrected chi connectivity index (χ4v) is 3.57. The van der Waals surface area contributed by atoms with Gasteiger partial charge in [-0.05, 0) is 60.1 Å². The standard InChI is InChI=1S/C22H28O6/c1-13(6-15-8-17(23)21(26-5)18(9-15)24-3)14(2)7-16-10-19(25-4)22-20(11-16)27-12-28-22/h8-11,13-14,23H,6-7,12H2,1-5H3. The van der Waals surface area contributed by atoms with Crippen LogP contribution in [0.1, 0.15) is 25.0 Å². The molecule has 0 saturated carbocycles. The van der Waals surface area contributed by atoms with Gasteiger partial charge >= 0.3 is 0 Å². The Labute approximate surface area is 165 Å². The molecule has 0 saturated heterocycles. The zero-order chi connectivity index (χ0) is 20.3. The van der Waals surface area contributed by atoms with Crippen molar-refractivity contribution in [2.24, 2.45) is 11.8 Å². The van der Waals surface area contributed by atoms with Gasteiger partial charge in [0.15, 0.2) is 23.0 Å². The monoisotopic (exact) mass is 388 g/mol. The van der Waals surface area contributed by atoms with E-state index in [0.717, 1.165) is 29.7 Å². The zero-order valence-electron chi connectivity index (χ0n) is 17.1. The molecule has 2 aromatic carbocycles. The third kappa shape index (κ3) is 4.06. The van der Waals surface area contributed by atoms with Crippen molar-refractivity contribution in [2.75, 3.05) is 28.1 Å². The van der Waals surface area contributed by atoms with E-state index >= 15 is 0 Å². The Hall–Kier alpha value is -2.76. The van der Waals surface area contributed by atoms with Crippen molar-refractivity contribution < 1.29 is 28.8 Å². The largest absolute Gasteiger partial charge is 0.504 e. The lowest BCUT2D eigenvalue weighted by molar-refractivity contribution is 0.171. The topological polar surface area (TPSA) is 66.4 Å². The Morgan fingerprint density at radius 2 is 1.46 bits per heavy atom. The number of phenols is 1. The lowest BCUT2D eigenvalue weighted by Gasteiger charge is -2.21. The average Bonchev–Trinajstić information content (AvgIpc) is 3.15. The number of benzene rings is 2. The Balaban J connectivity index is 1.72. The molecule has 2 atom stereocenters. The molecular formula is C22H28O6. The molecule has 6 heteroatoms. The van der Waals surface area contributed by atoms with E-state index in [1.165, 1.54) is 7.11 Å². The van der Waals surface area contributed by atoms with Gasteiger partial charge in [-0.3, -0.25) is 0 Å². The van der Waals surface area contributed by atoms with E-state index in [4.69, 9.17) is 23.7 Å². The Morgan fingerprint density at radius 1 is 0.857 bits per heavy atom. The molecule has 0 bridgehead atoms. The summed E-state index contributed by atoms with van der Waals surface area (Å²) in [4.78, 5) is 0. The first-order valence-corrected chi connectivity index (χ1v) is 9.37. The van der Waals surface area contributed by atoms with Crippen molar-refractivity contribution in [3.05, 3.63) is 35.4 Å². The summed E-state index contributed by atoms with van der Waals surface area (Å²) < 4.78 is 27.0. The SMILES string of the molecule is COc1cc(CC(C)C(C)Cc2cc(OC)c3c(c2)OCO3)cc(O)c1OC. The summed E-state index contributed by atoms with van der Waals surface area (Å²) in [6.07, 6.45) is 1.70. The van der Waals surface area contributed by atoms with E-state index in [9.17, 15) is 5.11 Å². The molecule has 0 radical (unpaired) electrons. The molecule has 1 aliphatic rings. The minimum atomic E-state index is 0.0946. The van der Waals surface area contributed by atoms with E-state index in [1.54, 1.807) is 20.3 Å². The van der Waals surface area contributed by atoms with E-state index in [-0.39, 0.29) is 12.5 Å². The fraction of sp³-hybridized carbons (Fsp3) is 0.455. The van der Waals surface area contributed by atoms with Gasteiger partial charge in [-0.15, -0.1) is 0 Å². The molecule has 28 heavy (non-hydrogen) atoms. The lowest BCUT2D eigenvalue weighted by atomic mass is 9.85. The van der Waals surface area contributed by atoms with Crippen LogP contribution in [-0.2, 0) is 12.8 Å². The summed E-state index contributed by atoms with van der Waals surface area (Å²) in [5, 5.41) is 10.2. The van der Waals surface area contributed by atoms with Crippen LogP contribution >= 0.6 is 0 Å². The predicted octanol–water partition coefficient (Wildman–Crippen LogP) is 4.20. The Kier molecular flexibility index (Phi) is 6.07. The van der Waals surface area contributed by atoms with Crippen molar-refractivity contribution in [3.8, 4) is 34.5 Å². The third-order valence-corrected chi connectivity index (χ3v) is 5.32. The second-order valence-electron chi connectivity index (χ2n) is 7.25. The number of aromatic hydroxyl groups is 1. The molecule has 6 nitrogen and oxygen atoms in total. The van der Waals surface area contributed by atoms with E-state index in [0.29, 0.717) is 34.8 Å². The van der Waals surface area contributed by atoms with Gasteiger partial charge in [-0.1, -0.05) is 13.8 Å². The summed E-state index contributed by atoms with van der Waals surface area (Å²) in [6, 6.07) is 7.70. The lowest BCUT2D eigenvalue weighted by Crippen LogP contribution is -2.14. The number of ether oxygens (including phenoxy) is 5. The van der Waals surface area contributed by atoms with Gasteiger partial charge in [0.25, 0.3) is 0 Å². The Morgan fingerprint density at radius 3 is 2.07 bits per heavy atom. The highest BCUT2D eigenvalue weighted by molar-refractivity contribution is 5.55. The highest BCUT2D eigenvalue weighted by Gasteiger charge is 2.22. The van der Waals surface area contributed by atoms with Crippen LogP contribution in [0.2, 0.25) is 0 Å². The maximum Gasteiger partial charge on any atom is 0.231 e. The number of fused-ring (bicyclic) bond motifs is 1. The van der Waals surface area contributed by atoms with Gasteiger partial charge in [-0.2, -0.15) is 0 Å². The second-order valence-corrected chi connectivity index (χ2v) is 7.25. The van der Waals surface area contributed by atoms with Crippen LogP contribution in [0.3, 0.4) is 0 Å². The number of rotatable bonds is 8. The summed E-state index contributed by atoms with van der Waals surface area (Å²) in [7, 11) is 4.72. The van der Waals surface area contributed by atoms with Crippen LogP contribution in [-0.4, -0.2) is 33.2 Å². The van der Waals surface area contributed by atoms with Crippen LogP contribution in [0.15, 0.2) is 24.3 Å².